The Morgan fingerprint density at radius 3 is 2.16 bits per heavy atom. The highest BCUT2D eigenvalue weighted by atomic mass is 79.9. The Balaban J connectivity index is 1.42. The first kappa shape index (κ1) is 26.0. The van der Waals surface area contributed by atoms with E-state index >= 15 is 0 Å². The lowest BCUT2D eigenvalue weighted by atomic mass is 9.71. The number of Topliss-reactive ketones (excluding diaryl/α,β-unsaturated/α-hetero) is 2. The van der Waals surface area contributed by atoms with E-state index in [0.717, 1.165) is 42.6 Å². The summed E-state index contributed by atoms with van der Waals surface area (Å²) in [6.07, 6.45) is 4.10. The summed E-state index contributed by atoms with van der Waals surface area (Å²) in [6, 6.07) is 10.7. The number of hydrogen-bond acceptors (Lipinski definition) is 7. The lowest BCUT2D eigenvalue weighted by Crippen LogP contribution is -2.36. The summed E-state index contributed by atoms with van der Waals surface area (Å²) >= 11 is 3.58. The third kappa shape index (κ3) is 5.07. The van der Waals surface area contributed by atoms with Gasteiger partial charge in [0.15, 0.2) is 29.7 Å². The molecule has 2 aromatic rings. The standard InChI is InChI=1S/C29H29BrN2O6/c1-36-18-11-9-17(10-12-18)31-25(35)15-38-29-19(30)13-16(14-24(29)37-2)26-27-20(5-3-7-22(27)33)32-21-6-4-8-23(34)28(21)26/h9-14,26,32H,3-8,15H2,1-2H3,(H,31,35). The van der Waals surface area contributed by atoms with Gasteiger partial charge in [-0.2, -0.15) is 0 Å². The van der Waals surface area contributed by atoms with Gasteiger partial charge >= 0.3 is 0 Å². The first-order valence-electron chi connectivity index (χ1n) is 12.6. The van der Waals surface area contributed by atoms with Crippen LogP contribution < -0.4 is 24.8 Å². The second-order valence-corrected chi connectivity index (χ2v) is 10.3. The Morgan fingerprint density at radius 1 is 0.947 bits per heavy atom. The third-order valence-electron chi connectivity index (χ3n) is 7.10. The predicted octanol–water partition coefficient (Wildman–Crippen LogP) is 5.18. The second-order valence-electron chi connectivity index (χ2n) is 9.50. The van der Waals surface area contributed by atoms with Crippen LogP contribution in [0.3, 0.4) is 0 Å². The van der Waals surface area contributed by atoms with Gasteiger partial charge in [-0.05, 0) is 83.6 Å². The Morgan fingerprint density at radius 2 is 1.58 bits per heavy atom. The number of dihydropyridines is 1. The largest absolute Gasteiger partial charge is 0.497 e. The smallest absolute Gasteiger partial charge is 0.262 e. The normalized spacial score (nSPS) is 17.4. The van der Waals surface area contributed by atoms with Crippen molar-refractivity contribution < 1.29 is 28.6 Å². The van der Waals surface area contributed by atoms with Crippen molar-refractivity contribution in [3.63, 3.8) is 0 Å². The van der Waals surface area contributed by atoms with Crippen LogP contribution in [0.25, 0.3) is 0 Å². The third-order valence-corrected chi connectivity index (χ3v) is 7.69. The summed E-state index contributed by atoms with van der Waals surface area (Å²) in [7, 11) is 3.10. The molecule has 1 amide bonds. The molecule has 0 saturated heterocycles. The number of ketones is 2. The Labute approximate surface area is 229 Å². The fourth-order valence-corrected chi connectivity index (χ4v) is 5.95. The van der Waals surface area contributed by atoms with E-state index in [2.05, 4.69) is 26.6 Å². The number of halogens is 1. The molecule has 0 radical (unpaired) electrons. The molecule has 2 aromatic carbocycles. The number of allylic oxidation sites excluding steroid dienone is 4. The van der Waals surface area contributed by atoms with Gasteiger partial charge in [-0.3, -0.25) is 14.4 Å². The molecule has 198 valence electrons. The van der Waals surface area contributed by atoms with Gasteiger partial charge in [0.05, 0.1) is 18.7 Å². The van der Waals surface area contributed by atoms with Crippen LogP contribution in [0.2, 0.25) is 0 Å². The van der Waals surface area contributed by atoms with Gasteiger partial charge in [-0.25, -0.2) is 0 Å². The monoisotopic (exact) mass is 580 g/mol. The quantitative estimate of drug-likeness (QED) is 0.464. The molecule has 0 unspecified atom stereocenters. The highest BCUT2D eigenvalue weighted by Gasteiger charge is 2.40. The van der Waals surface area contributed by atoms with Crippen LogP contribution >= 0.6 is 15.9 Å². The molecule has 1 aliphatic heterocycles. The van der Waals surface area contributed by atoms with E-state index in [1.165, 1.54) is 7.11 Å². The van der Waals surface area contributed by atoms with E-state index in [-0.39, 0.29) is 24.1 Å². The maximum atomic E-state index is 13.1. The van der Waals surface area contributed by atoms with Crippen LogP contribution in [0.15, 0.2) is 63.4 Å². The number of carbonyl (C=O) groups is 3. The van der Waals surface area contributed by atoms with Crippen LogP contribution in [0.5, 0.6) is 17.2 Å². The molecule has 2 aliphatic carbocycles. The second kappa shape index (κ2) is 11.0. The topological polar surface area (TPSA) is 103 Å². The number of carbonyl (C=O) groups excluding carboxylic acids is 3. The molecule has 0 saturated carbocycles. The minimum atomic E-state index is -0.459. The van der Waals surface area contributed by atoms with Crippen LogP contribution in [0.4, 0.5) is 5.69 Å². The van der Waals surface area contributed by atoms with Crippen molar-refractivity contribution >= 4 is 39.1 Å². The van der Waals surface area contributed by atoms with Gasteiger partial charge < -0.3 is 24.8 Å². The maximum absolute atomic E-state index is 13.1. The lowest BCUT2D eigenvalue weighted by Gasteiger charge is -2.37. The Bertz CT molecular complexity index is 1320. The van der Waals surface area contributed by atoms with E-state index in [1.807, 2.05) is 6.07 Å². The number of anilines is 1. The molecular formula is C29H29BrN2O6. The molecule has 0 spiro atoms. The van der Waals surface area contributed by atoms with Crippen LogP contribution in [0.1, 0.15) is 50.0 Å². The Hall–Kier alpha value is -3.59. The molecule has 5 rings (SSSR count). The number of benzene rings is 2. The minimum Gasteiger partial charge on any atom is -0.497 e. The number of hydrogen-bond donors (Lipinski definition) is 2. The first-order chi connectivity index (χ1) is 18.4. The first-order valence-corrected chi connectivity index (χ1v) is 13.4. The lowest BCUT2D eigenvalue weighted by molar-refractivity contribution is -0.118. The molecule has 0 atom stereocenters. The molecule has 38 heavy (non-hydrogen) atoms. The molecule has 0 aromatic heterocycles. The maximum Gasteiger partial charge on any atom is 0.262 e. The number of amides is 1. The number of methoxy groups -OCH3 is 2. The molecule has 0 fully saturated rings. The van der Waals surface area contributed by atoms with Crippen LogP contribution in [-0.2, 0) is 14.4 Å². The molecule has 9 heteroatoms. The van der Waals surface area contributed by atoms with E-state index in [4.69, 9.17) is 14.2 Å². The molecule has 3 aliphatic rings. The Kier molecular flexibility index (Phi) is 7.56. The highest BCUT2D eigenvalue weighted by Crippen LogP contribution is 2.48. The van der Waals surface area contributed by atoms with Crippen molar-refractivity contribution in [2.75, 3.05) is 26.1 Å². The molecule has 8 nitrogen and oxygen atoms in total. The molecule has 0 bridgehead atoms. The van der Waals surface area contributed by atoms with Crippen molar-refractivity contribution in [1.82, 2.24) is 5.32 Å². The van der Waals surface area contributed by atoms with Crippen molar-refractivity contribution in [2.45, 2.75) is 44.4 Å². The zero-order chi connectivity index (χ0) is 26.8. The van der Waals surface area contributed by atoms with Gasteiger partial charge in [0, 0.05) is 47.0 Å². The molecular weight excluding hydrogens is 552 g/mol. The summed E-state index contributed by atoms with van der Waals surface area (Å²) in [5, 5.41) is 6.22. The minimum absolute atomic E-state index is 0.0688. The molecule has 1 heterocycles. The van der Waals surface area contributed by atoms with Crippen molar-refractivity contribution in [2.24, 2.45) is 0 Å². The zero-order valence-electron chi connectivity index (χ0n) is 21.3. The zero-order valence-corrected chi connectivity index (χ0v) is 22.9. The summed E-state index contributed by atoms with van der Waals surface area (Å²) in [5.41, 5.74) is 4.58. The highest BCUT2D eigenvalue weighted by molar-refractivity contribution is 9.10. The summed E-state index contributed by atoms with van der Waals surface area (Å²) in [5.74, 6) is 0.802. The average molecular weight is 581 g/mol. The SMILES string of the molecule is COc1ccc(NC(=O)COc2c(Br)cc(C3C4=C(CCCC4=O)NC4=C3C(=O)CCC4)cc2OC)cc1. The summed E-state index contributed by atoms with van der Waals surface area (Å²) < 4.78 is 17.2. The van der Waals surface area contributed by atoms with Gasteiger partial charge in [-0.15, -0.1) is 0 Å². The molecule has 2 N–H and O–H groups in total. The van der Waals surface area contributed by atoms with Crippen molar-refractivity contribution in [1.29, 1.82) is 0 Å². The van der Waals surface area contributed by atoms with Crippen LogP contribution in [-0.4, -0.2) is 38.3 Å². The van der Waals surface area contributed by atoms with E-state index in [0.29, 0.717) is 51.4 Å². The van der Waals surface area contributed by atoms with Crippen LogP contribution in [0, 0.1) is 0 Å². The van der Waals surface area contributed by atoms with E-state index < -0.39 is 5.92 Å². The van der Waals surface area contributed by atoms with Crippen molar-refractivity contribution in [3.05, 3.63) is 69.0 Å². The van der Waals surface area contributed by atoms with Gasteiger partial charge in [0.2, 0.25) is 0 Å². The van der Waals surface area contributed by atoms with Gasteiger partial charge in [0.1, 0.15) is 5.75 Å². The summed E-state index contributed by atoms with van der Waals surface area (Å²) in [6.45, 7) is -0.241. The fraction of sp³-hybridized carbons (Fsp3) is 0.345. The number of rotatable bonds is 7. The van der Waals surface area contributed by atoms with Gasteiger partial charge in [-0.1, -0.05) is 0 Å². The average Bonchev–Trinajstić information content (AvgIpc) is 2.91. The number of nitrogens with one attached hydrogen (secondary N) is 2. The number of ether oxygens (including phenoxy) is 3. The van der Waals surface area contributed by atoms with Crippen molar-refractivity contribution in [3.8, 4) is 17.2 Å². The predicted molar refractivity (Wildman–Crippen MR) is 145 cm³/mol. The fourth-order valence-electron chi connectivity index (χ4n) is 5.37. The van der Waals surface area contributed by atoms with Gasteiger partial charge in [0.25, 0.3) is 5.91 Å². The summed E-state index contributed by atoms with van der Waals surface area (Å²) in [4.78, 5) is 38.8. The van der Waals surface area contributed by atoms with E-state index in [9.17, 15) is 14.4 Å². The van der Waals surface area contributed by atoms with E-state index in [1.54, 1.807) is 37.4 Å².